The second kappa shape index (κ2) is 5.17. The molecule has 3 rings (SSSR count). The molecule has 0 saturated carbocycles. The fraction of sp³-hybridized carbons (Fsp3) is 0.429. The molecule has 0 aliphatic carbocycles. The summed E-state index contributed by atoms with van der Waals surface area (Å²) in [6.45, 7) is 0.914. The summed E-state index contributed by atoms with van der Waals surface area (Å²) < 4.78 is 1.16. The Morgan fingerprint density at radius 3 is 3.05 bits per heavy atom. The fourth-order valence-electron chi connectivity index (χ4n) is 2.65. The Balaban J connectivity index is 1.91. The highest BCUT2D eigenvalue weighted by atomic mass is 32.1. The van der Waals surface area contributed by atoms with E-state index in [9.17, 15) is 4.79 Å². The first-order valence-corrected chi connectivity index (χ1v) is 7.40. The topological polar surface area (TPSA) is 53.4 Å². The molecule has 1 aliphatic heterocycles. The molecule has 0 bridgehead atoms. The number of carbonyl (C=O) groups is 1. The summed E-state index contributed by atoms with van der Waals surface area (Å²) in [4.78, 5) is 17.8. The molecule has 19 heavy (non-hydrogen) atoms. The average molecular weight is 276 g/mol. The number of carboxylic acid groups (broad SMARTS) is 1. The van der Waals surface area contributed by atoms with Crippen LogP contribution < -0.4 is 4.90 Å². The summed E-state index contributed by atoms with van der Waals surface area (Å²) in [6, 6.07) is 8.15. The van der Waals surface area contributed by atoms with Gasteiger partial charge < -0.3 is 10.0 Å². The van der Waals surface area contributed by atoms with Crippen LogP contribution in [-0.4, -0.2) is 28.6 Å². The van der Waals surface area contributed by atoms with Gasteiger partial charge in [-0.2, -0.15) is 0 Å². The summed E-state index contributed by atoms with van der Waals surface area (Å²) in [6.07, 6.45) is 3.38. The van der Waals surface area contributed by atoms with E-state index in [1.807, 2.05) is 18.2 Å². The van der Waals surface area contributed by atoms with E-state index < -0.39 is 5.97 Å². The lowest BCUT2D eigenvalue weighted by atomic mass is 10.0. The first-order chi connectivity index (χ1) is 9.24. The monoisotopic (exact) mass is 276 g/mol. The van der Waals surface area contributed by atoms with E-state index in [0.717, 1.165) is 41.2 Å². The summed E-state index contributed by atoms with van der Waals surface area (Å²) in [5, 5.41) is 9.99. The molecular weight excluding hydrogens is 260 g/mol. The third-order valence-electron chi connectivity index (χ3n) is 3.57. The maximum atomic E-state index is 11.0. The van der Waals surface area contributed by atoms with Crippen molar-refractivity contribution in [1.82, 2.24) is 4.98 Å². The van der Waals surface area contributed by atoms with E-state index in [-0.39, 0.29) is 12.5 Å². The van der Waals surface area contributed by atoms with Crippen molar-refractivity contribution < 1.29 is 9.90 Å². The van der Waals surface area contributed by atoms with Crippen LogP contribution in [0.4, 0.5) is 5.13 Å². The van der Waals surface area contributed by atoms with Gasteiger partial charge in [-0.1, -0.05) is 23.5 Å². The van der Waals surface area contributed by atoms with Gasteiger partial charge in [-0.05, 0) is 31.4 Å². The predicted octanol–water partition coefficient (Wildman–Crippen LogP) is 3.13. The standard InChI is InChI=1S/C14H16N2O2S/c17-13(18)9-10-5-3-4-8-16(10)14-15-11-6-1-2-7-12(11)19-14/h1-2,6-7,10H,3-5,8-9H2,(H,17,18). The molecule has 1 aromatic carbocycles. The van der Waals surface area contributed by atoms with Gasteiger partial charge >= 0.3 is 5.97 Å². The molecule has 1 aliphatic rings. The van der Waals surface area contributed by atoms with Gasteiger partial charge in [0.2, 0.25) is 0 Å². The van der Waals surface area contributed by atoms with E-state index >= 15 is 0 Å². The van der Waals surface area contributed by atoms with Crippen LogP contribution in [0, 0.1) is 0 Å². The van der Waals surface area contributed by atoms with Crippen LogP contribution in [-0.2, 0) is 4.79 Å². The van der Waals surface area contributed by atoms with E-state index in [1.165, 1.54) is 0 Å². The Labute approximate surface area is 115 Å². The van der Waals surface area contributed by atoms with Crippen molar-refractivity contribution in [3.05, 3.63) is 24.3 Å². The van der Waals surface area contributed by atoms with Gasteiger partial charge in [-0.3, -0.25) is 4.79 Å². The number of rotatable bonds is 3. The SMILES string of the molecule is O=C(O)CC1CCCCN1c1nc2ccccc2s1. The first kappa shape index (κ1) is 12.4. The normalized spacial score (nSPS) is 19.8. The van der Waals surface area contributed by atoms with Crippen LogP contribution in [0.2, 0.25) is 0 Å². The van der Waals surface area contributed by atoms with Crippen molar-refractivity contribution in [2.75, 3.05) is 11.4 Å². The Morgan fingerprint density at radius 2 is 2.26 bits per heavy atom. The van der Waals surface area contributed by atoms with Crippen LogP contribution in [0.1, 0.15) is 25.7 Å². The van der Waals surface area contributed by atoms with E-state index in [1.54, 1.807) is 11.3 Å². The number of nitrogens with zero attached hydrogens (tertiary/aromatic N) is 2. The number of hydrogen-bond acceptors (Lipinski definition) is 4. The zero-order chi connectivity index (χ0) is 13.2. The van der Waals surface area contributed by atoms with E-state index in [4.69, 9.17) is 5.11 Å². The number of thiazole rings is 1. The summed E-state index contributed by atoms with van der Waals surface area (Å²) in [5.41, 5.74) is 1.00. The summed E-state index contributed by atoms with van der Waals surface area (Å²) in [5.74, 6) is -0.724. The van der Waals surface area contributed by atoms with Gasteiger partial charge in [0.25, 0.3) is 0 Å². The highest BCUT2D eigenvalue weighted by Gasteiger charge is 2.26. The molecule has 0 amide bonds. The highest BCUT2D eigenvalue weighted by Crippen LogP contribution is 2.33. The van der Waals surface area contributed by atoms with Gasteiger partial charge in [0, 0.05) is 12.6 Å². The number of piperidine rings is 1. The molecular formula is C14H16N2O2S. The number of hydrogen-bond donors (Lipinski definition) is 1. The molecule has 100 valence electrons. The zero-order valence-electron chi connectivity index (χ0n) is 10.6. The molecule has 4 nitrogen and oxygen atoms in total. The Morgan fingerprint density at radius 1 is 1.42 bits per heavy atom. The number of fused-ring (bicyclic) bond motifs is 1. The molecule has 2 aromatic rings. The number of carboxylic acids is 1. The zero-order valence-corrected chi connectivity index (χ0v) is 11.4. The van der Waals surface area contributed by atoms with Crippen molar-refractivity contribution >= 4 is 32.7 Å². The Hall–Kier alpha value is -1.62. The number of benzene rings is 1. The number of aromatic nitrogens is 1. The quantitative estimate of drug-likeness (QED) is 0.935. The van der Waals surface area contributed by atoms with Crippen LogP contribution in [0.5, 0.6) is 0 Å². The third kappa shape index (κ3) is 2.56. The first-order valence-electron chi connectivity index (χ1n) is 6.58. The summed E-state index contributed by atoms with van der Waals surface area (Å²) >= 11 is 1.66. The van der Waals surface area contributed by atoms with Gasteiger partial charge in [-0.15, -0.1) is 0 Å². The highest BCUT2D eigenvalue weighted by molar-refractivity contribution is 7.22. The van der Waals surface area contributed by atoms with Crippen LogP contribution in [0.15, 0.2) is 24.3 Å². The third-order valence-corrected chi connectivity index (χ3v) is 4.64. The molecule has 1 saturated heterocycles. The number of para-hydroxylation sites is 1. The molecule has 1 fully saturated rings. The van der Waals surface area contributed by atoms with E-state index in [2.05, 4.69) is 16.0 Å². The average Bonchev–Trinajstić information content (AvgIpc) is 2.82. The maximum absolute atomic E-state index is 11.0. The molecule has 1 atom stereocenters. The number of anilines is 1. The predicted molar refractivity (Wildman–Crippen MR) is 76.9 cm³/mol. The van der Waals surface area contributed by atoms with Crippen molar-refractivity contribution in [2.45, 2.75) is 31.7 Å². The van der Waals surface area contributed by atoms with Crippen LogP contribution in [0.3, 0.4) is 0 Å². The maximum Gasteiger partial charge on any atom is 0.305 e. The van der Waals surface area contributed by atoms with Crippen molar-refractivity contribution in [1.29, 1.82) is 0 Å². The van der Waals surface area contributed by atoms with Gasteiger partial charge in [-0.25, -0.2) is 4.98 Å². The van der Waals surface area contributed by atoms with Crippen LogP contribution in [0.25, 0.3) is 10.2 Å². The Kier molecular flexibility index (Phi) is 3.38. The molecule has 1 N–H and O–H groups in total. The van der Waals surface area contributed by atoms with Crippen molar-refractivity contribution in [3.8, 4) is 0 Å². The second-order valence-corrected chi connectivity index (χ2v) is 5.91. The molecule has 1 unspecified atom stereocenters. The van der Waals surface area contributed by atoms with Crippen LogP contribution >= 0.6 is 11.3 Å². The molecule has 0 spiro atoms. The molecule has 1 aromatic heterocycles. The molecule has 2 heterocycles. The molecule has 0 radical (unpaired) electrons. The smallest absolute Gasteiger partial charge is 0.305 e. The lowest BCUT2D eigenvalue weighted by molar-refractivity contribution is -0.137. The fourth-order valence-corrected chi connectivity index (χ4v) is 3.71. The van der Waals surface area contributed by atoms with E-state index in [0.29, 0.717) is 0 Å². The molecule has 5 heteroatoms. The van der Waals surface area contributed by atoms with Gasteiger partial charge in [0.1, 0.15) is 0 Å². The minimum Gasteiger partial charge on any atom is -0.481 e. The van der Waals surface area contributed by atoms with Crippen molar-refractivity contribution in [3.63, 3.8) is 0 Å². The minimum atomic E-state index is -0.724. The largest absolute Gasteiger partial charge is 0.481 e. The number of aliphatic carboxylic acids is 1. The van der Waals surface area contributed by atoms with Crippen molar-refractivity contribution in [2.24, 2.45) is 0 Å². The van der Waals surface area contributed by atoms with Gasteiger partial charge in [0.05, 0.1) is 16.6 Å². The lowest BCUT2D eigenvalue weighted by Crippen LogP contribution is -2.40. The summed E-state index contributed by atoms with van der Waals surface area (Å²) in [7, 11) is 0. The second-order valence-electron chi connectivity index (χ2n) is 4.91. The minimum absolute atomic E-state index is 0.0896. The lowest BCUT2D eigenvalue weighted by Gasteiger charge is -2.34. The van der Waals surface area contributed by atoms with Gasteiger partial charge in [0.15, 0.2) is 5.13 Å². The Bertz CT molecular complexity index is 563.